The number of hydrogen-bond acceptors (Lipinski definition) is 6. The highest BCUT2D eigenvalue weighted by atomic mass is 16.2. The van der Waals surface area contributed by atoms with Crippen LogP contribution >= 0.6 is 0 Å². The van der Waals surface area contributed by atoms with Crippen molar-refractivity contribution < 1.29 is 9.59 Å². The topological polar surface area (TPSA) is 105 Å². The van der Waals surface area contributed by atoms with Crippen LogP contribution in [0.5, 0.6) is 0 Å². The Kier molecular flexibility index (Phi) is 8.06. The summed E-state index contributed by atoms with van der Waals surface area (Å²) in [6.07, 6.45) is 3.51. The van der Waals surface area contributed by atoms with E-state index in [1.807, 2.05) is 60.7 Å². The number of aromatic nitrogens is 1. The van der Waals surface area contributed by atoms with Gasteiger partial charge in [0.05, 0.1) is 18.6 Å². The van der Waals surface area contributed by atoms with E-state index in [2.05, 4.69) is 20.9 Å². The molecule has 1 aliphatic heterocycles. The van der Waals surface area contributed by atoms with Crippen LogP contribution < -0.4 is 21.5 Å². The number of pyridine rings is 1. The number of benzene rings is 2. The molecular formula is C27H29N5O3. The van der Waals surface area contributed by atoms with Gasteiger partial charge in [-0.05, 0) is 36.1 Å². The van der Waals surface area contributed by atoms with E-state index in [1.54, 1.807) is 16.8 Å². The molecular weight excluding hydrogens is 442 g/mol. The van der Waals surface area contributed by atoms with Crippen molar-refractivity contribution in [3.8, 4) is 0 Å². The number of rotatable bonds is 10. The third-order valence-electron chi connectivity index (χ3n) is 5.87. The van der Waals surface area contributed by atoms with Crippen molar-refractivity contribution in [1.82, 2.24) is 20.5 Å². The van der Waals surface area contributed by atoms with Crippen LogP contribution in [-0.4, -0.2) is 48.4 Å². The lowest BCUT2D eigenvalue weighted by molar-refractivity contribution is -0.109. The Balaban J connectivity index is 1.50. The van der Waals surface area contributed by atoms with Crippen molar-refractivity contribution in [2.24, 2.45) is 4.99 Å². The summed E-state index contributed by atoms with van der Waals surface area (Å²) in [4.78, 5) is 42.3. The summed E-state index contributed by atoms with van der Waals surface area (Å²) in [6, 6.07) is 21.5. The Labute approximate surface area is 204 Å². The van der Waals surface area contributed by atoms with E-state index in [1.165, 1.54) is 6.07 Å². The van der Waals surface area contributed by atoms with E-state index in [4.69, 9.17) is 0 Å². The average Bonchev–Trinajstić information content (AvgIpc) is 3.42. The molecule has 8 heteroatoms. The number of nitrogens with zero attached hydrogens (tertiary/aromatic N) is 2. The number of aldehydes is 1. The summed E-state index contributed by atoms with van der Waals surface area (Å²) in [5.41, 5.74) is 1.44. The van der Waals surface area contributed by atoms with Gasteiger partial charge in [0.1, 0.15) is 11.8 Å². The van der Waals surface area contributed by atoms with Gasteiger partial charge in [-0.15, -0.1) is 0 Å². The van der Waals surface area contributed by atoms with Crippen molar-refractivity contribution in [2.75, 3.05) is 19.6 Å². The fourth-order valence-corrected chi connectivity index (χ4v) is 4.14. The van der Waals surface area contributed by atoms with Crippen LogP contribution in [0.1, 0.15) is 40.4 Å². The Hall–Kier alpha value is -4.20. The first-order valence-electron chi connectivity index (χ1n) is 11.8. The molecule has 0 saturated heterocycles. The normalized spacial score (nSPS) is 13.6. The van der Waals surface area contributed by atoms with Crippen LogP contribution in [0, 0.1) is 0 Å². The van der Waals surface area contributed by atoms with Gasteiger partial charge in [-0.2, -0.15) is 0 Å². The Morgan fingerprint density at radius 3 is 2.31 bits per heavy atom. The Morgan fingerprint density at radius 1 is 1.03 bits per heavy atom. The van der Waals surface area contributed by atoms with Gasteiger partial charge in [0.15, 0.2) is 5.96 Å². The molecule has 2 heterocycles. The minimum atomic E-state index is -0.685. The molecule has 35 heavy (non-hydrogen) atoms. The monoisotopic (exact) mass is 471 g/mol. The molecule has 0 radical (unpaired) electrons. The molecule has 3 N–H and O–H groups in total. The molecule has 0 unspecified atom stereocenters. The highest BCUT2D eigenvalue weighted by Gasteiger charge is 2.22. The van der Waals surface area contributed by atoms with Crippen LogP contribution in [0.2, 0.25) is 0 Å². The lowest BCUT2D eigenvalue weighted by atomic mass is 9.98. The second kappa shape index (κ2) is 11.8. The van der Waals surface area contributed by atoms with Crippen LogP contribution in [0.4, 0.5) is 0 Å². The lowest BCUT2D eigenvalue weighted by Crippen LogP contribution is -2.41. The molecule has 1 atom stereocenters. The van der Waals surface area contributed by atoms with Crippen LogP contribution in [-0.2, 0) is 4.79 Å². The van der Waals surface area contributed by atoms with Crippen molar-refractivity contribution in [3.05, 3.63) is 106 Å². The van der Waals surface area contributed by atoms with Crippen LogP contribution in [0.3, 0.4) is 0 Å². The Bertz CT molecular complexity index is 1180. The number of guanidine groups is 1. The molecule has 3 aromatic rings. The minimum absolute atomic E-state index is 0.00107. The quantitative estimate of drug-likeness (QED) is 0.310. The van der Waals surface area contributed by atoms with Gasteiger partial charge in [-0.1, -0.05) is 60.7 Å². The second-order valence-electron chi connectivity index (χ2n) is 8.30. The SMILES string of the molecule is O=C[C@H](CCCNC1=NCCN1)NC(=O)c1cccn(C(c2ccccc2)c2ccccc2)c1=O. The predicted molar refractivity (Wildman–Crippen MR) is 136 cm³/mol. The van der Waals surface area contributed by atoms with Gasteiger partial charge in [0.25, 0.3) is 11.5 Å². The first-order valence-corrected chi connectivity index (χ1v) is 11.8. The van der Waals surface area contributed by atoms with Crippen LogP contribution in [0.25, 0.3) is 0 Å². The fourth-order valence-electron chi connectivity index (χ4n) is 4.14. The molecule has 1 aliphatic rings. The summed E-state index contributed by atoms with van der Waals surface area (Å²) in [7, 11) is 0. The van der Waals surface area contributed by atoms with Gasteiger partial charge in [0, 0.05) is 19.3 Å². The Morgan fingerprint density at radius 2 is 1.71 bits per heavy atom. The van der Waals surface area contributed by atoms with Crippen molar-refractivity contribution >= 4 is 18.2 Å². The number of carbonyl (C=O) groups excluding carboxylic acids is 2. The molecule has 0 aliphatic carbocycles. The molecule has 4 rings (SSSR count). The van der Waals surface area contributed by atoms with E-state index >= 15 is 0 Å². The fraction of sp³-hybridized carbons (Fsp3) is 0.259. The maximum atomic E-state index is 13.5. The van der Waals surface area contributed by atoms with Crippen LogP contribution in [0.15, 0.2) is 88.8 Å². The first kappa shape index (κ1) is 23.9. The van der Waals surface area contributed by atoms with Crippen molar-refractivity contribution in [3.63, 3.8) is 0 Å². The molecule has 1 amide bonds. The summed E-state index contributed by atoms with van der Waals surface area (Å²) in [6.45, 7) is 2.19. The number of nitrogens with one attached hydrogen (secondary N) is 3. The summed E-state index contributed by atoms with van der Waals surface area (Å²) in [5.74, 6) is 0.198. The summed E-state index contributed by atoms with van der Waals surface area (Å²) < 4.78 is 1.56. The summed E-state index contributed by atoms with van der Waals surface area (Å²) >= 11 is 0. The number of hydrogen-bond donors (Lipinski definition) is 3. The first-order chi connectivity index (χ1) is 17.2. The highest BCUT2D eigenvalue weighted by molar-refractivity contribution is 5.95. The number of amides is 1. The van der Waals surface area contributed by atoms with Gasteiger partial charge in [-0.3, -0.25) is 14.6 Å². The summed E-state index contributed by atoms with van der Waals surface area (Å²) in [5, 5.41) is 8.99. The standard InChI is InChI=1S/C27H29N5O3/c33-19-22(13-7-15-28-27-29-16-17-30-27)31-25(34)23-14-8-18-32(26(23)35)24(20-9-3-1-4-10-20)21-11-5-2-6-12-21/h1-6,8-12,14,18-19,22,24H,7,13,15-17H2,(H,31,34)(H2,28,29,30)/t22-/m0/s1. The number of aliphatic imine (C=N–C) groups is 1. The number of carbonyl (C=O) groups is 2. The zero-order chi connectivity index (χ0) is 24.5. The van der Waals surface area contributed by atoms with E-state index in [0.717, 1.165) is 30.2 Å². The van der Waals surface area contributed by atoms with Gasteiger partial charge in [0.2, 0.25) is 0 Å². The van der Waals surface area contributed by atoms with E-state index in [-0.39, 0.29) is 5.56 Å². The molecule has 0 spiro atoms. The molecule has 2 aromatic carbocycles. The third kappa shape index (κ3) is 6.03. The maximum absolute atomic E-state index is 13.5. The molecule has 0 bridgehead atoms. The predicted octanol–water partition coefficient (Wildman–Crippen LogP) is 2.11. The zero-order valence-corrected chi connectivity index (χ0v) is 19.4. The van der Waals surface area contributed by atoms with E-state index < -0.39 is 23.6 Å². The smallest absolute Gasteiger partial charge is 0.264 e. The highest BCUT2D eigenvalue weighted by Crippen LogP contribution is 2.25. The third-order valence-corrected chi connectivity index (χ3v) is 5.87. The second-order valence-corrected chi connectivity index (χ2v) is 8.30. The molecule has 0 fully saturated rings. The molecule has 8 nitrogen and oxygen atoms in total. The van der Waals surface area contributed by atoms with Gasteiger partial charge in [-0.25, -0.2) is 0 Å². The van der Waals surface area contributed by atoms with Gasteiger partial charge >= 0.3 is 0 Å². The van der Waals surface area contributed by atoms with Gasteiger partial charge < -0.3 is 25.3 Å². The maximum Gasteiger partial charge on any atom is 0.264 e. The molecule has 1 aromatic heterocycles. The minimum Gasteiger partial charge on any atom is -0.356 e. The molecule has 180 valence electrons. The lowest BCUT2D eigenvalue weighted by Gasteiger charge is -2.22. The average molecular weight is 472 g/mol. The zero-order valence-electron chi connectivity index (χ0n) is 19.4. The van der Waals surface area contributed by atoms with Crippen molar-refractivity contribution in [1.29, 1.82) is 0 Å². The van der Waals surface area contributed by atoms with Crippen molar-refractivity contribution in [2.45, 2.75) is 24.9 Å². The largest absolute Gasteiger partial charge is 0.356 e. The van der Waals surface area contributed by atoms with E-state index in [0.29, 0.717) is 25.7 Å². The molecule has 0 saturated carbocycles. The van der Waals surface area contributed by atoms with E-state index in [9.17, 15) is 14.4 Å².